The molecule has 0 spiro atoms. The molecule has 8 heteroatoms. The summed E-state index contributed by atoms with van der Waals surface area (Å²) in [6.45, 7) is 15.2. The SMILES string of the molecule is CCCC[Si](CCCC)(CCCC)C(C)(C(C(=O)O)S(=O)(=O)O)[Si](CCCC)(CCCC)CCCC. The van der Waals surface area contributed by atoms with E-state index in [0.717, 1.165) is 113 Å². The predicted molar refractivity (Wildman–Crippen MR) is 161 cm³/mol. The minimum atomic E-state index is -4.77. The Labute approximate surface area is 226 Å². The highest BCUT2D eigenvalue weighted by atomic mass is 32.2. The van der Waals surface area contributed by atoms with Gasteiger partial charge in [-0.2, -0.15) is 8.42 Å². The maximum absolute atomic E-state index is 13.2. The number of carboxylic acids is 1. The number of hydrogen-bond acceptors (Lipinski definition) is 3. The normalized spacial score (nSPS) is 14.2. The molecule has 2 N–H and O–H groups in total. The number of unbranched alkanes of at least 4 members (excludes halogenated alkanes) is 6. The lowest BCUT2D eigenvalue weighted by atomic mass is 10.3. The van der Waals surface area contributed by atoms with Crippen molar-refractivity contribution in [3.8, 4) is 0 Å². The fraction of sp³-hybridized carbons (Fsp3) is 0.964. The zero-order valence-corrected chi connectivity index (χ0v) is 27.6. The molecule has 0 bridgehead atoms. The van der Waals surface area contributed by atoms with Crippen LogP contribution in [0.2, 0.25) is 40.9 Å². The summed E-state index contributed by atoms with van der Waals surface area (Å²) in [4.78, 5) is 13.0. The van der Waals surface area contributed by atoms with E-state index in [2.05, 4.69) is 48.5 Å². The van der Waals surface area contributed by atoms with Gasteiger partial charge in [0.25, 0.3) is 10.1 Å². The lowest BCUT2D eigenvalue weighted by Crippen LogP contribution is -2.68. The molecule has 0 aromatic carbocycles. The molecule has 0 rings (SSSR count). The third-order valence-electron chi connectivity index (χ3n) is 9.30. The van der Waals surface area contributed by atoms with Crippen LogP contribution in [0, 0.1) is 0 Å². The Balaban J connectivity index is 7.81. The largest absolute Gasteiger partial charge is 0.480 e. The average Bonchev–Trinajstić information content (AvgIpc) is 2.82. The highest BCUT2D eigenvalue weighted by molar-refractivity contribution is 7.87. The Bertz CT molecular complexity index is 635. The van der Waals surface area contributed by atoms with Crippen LogP contribution in [0.1, 0.15) is 126 Å². The van der Waals surface area contributed by atoms with Crippen molar-refractivity contribution < 1.29 is 22.9 Å². The van der Waals surface area contributed by atoms with Crippen molar-refractivity contribution in [2.45, 2.75) is 172 Å². The zero-order chi connectivity index (χ0) is 27.9. The van der Waals surface area contributed by atoms with Crippen molar-refractivity contribution >= 4 is 32.2 Å². The molecule has 0 fully saturated rings. The predicted octanol–water partition coefficient (Wildman–Crippen LogP) is 9.33. The maximum atomic E-state index is 13.2. The number of carboxylic acid groups (broad SMARTS) is 1. The Morgan fingerprint density at radius 3 is 1.00 bits per heavy atom. The summed E-state index contributed by atoms with van der Waals surface area (Å²) >= 11 is 0. The Kier molecular flexibility index (Phi) is 17.3. The first kappa shape index (κ1) is 35.8. The summed E-state index contributed by atoms with van der Waals surface area (Å²) in [6.07, 6.45) is 12.3. The van der Waals surface area contributed by atoms with Crippen LogP contribution in [0.5, 0.6) is 0 Å². The van der Waals surface area contributed by atoms with Crippen LogP contribution in [-0.4, -0.2) is 45.4 Å². The van der Waals surface area contributed by atoms with Crippen LogP contribution in [0.25, 0.3) is 0 Å². The number of aliphatic carboxylic acids is 1. The van der Waals surface area contributed by atoms with Crippen molar-refractivity contribution in [1.82, 2.24) is 0 Å². The molecule has 5 nitrogen and oxygen atoms in total. The number of rotatable bonds is 23. The summed E-state index contributed by atoms with van der Waals surface area (Å²) in [5.74, 6) is -1.32. The zero-order valence-electron chi connectivity index (χ0n) is 24.8. The van der Waals surface area contributed by atoms with Gasteiger partial charge in [0.2, 0.25) is 0 Å². The first-order chi connectivity index (χ1) is 16.9. The molecule has 0 aliphatic rings. The van der Waals surface area contributed by atoms with Crippen molar-refractivity contribution in [2.24, 2.45) is 0 Å². The van der Waals surface area contributed by atoms with Crippen LogP contribution >= 0.6 is 0 Å². The fourth-order valence-corrected chi connectivity index (χ4v) is 29.3. The molecular weight excluding hydrogens is 505 g/mol. The highest BCUT2D eigenvalue weighted by Gasteiger charge is 2.67. The van der Waals surface area contributed by atoms with E-state index in [1.807, 2.05) is 0 Å². The molecule has 36 heavy (non-hydrogen) atoms. The smallest absolute Gasteiger partial charge is 0.324 e. The van der Waals surface area contributed by atoms with Gasteiger partial charge in [-0.25, -0.2) is 0 Å². The highest BCUT2D eigenvalue weighted by Crippen LogP contribution is 2.62. The molecule has 0 aromatic heterocycles. The molecule has 1 atom stereocenters. The lowest BCUT2D eigenvalue weighted by Gasteiger charge is -2.60. The molecule has 0 amide bonds. The standard InChI is InChI=1S/C28H60O5SSi2/c1-8-14-20-35(21-15-9-2,22-16-10-3)28(7,26(27(29)30)34(31,32)33)36(23-17-11-4,24-18-12-5)25-19-13-6/h26H,8-25H2,1-7H3,(H,29,30)(H,31,32,33). The van der Waals surface area contributed by atoms with Gasteiger partial charge in [-0.3, -0.25) is 9.35 Å². The molecule has 0 saturated carbocycles. The molecule has 216 valence electrons. The van der Waals surface area contributed by atoms with Gasteiger partial charge < -0.3 is 5.11 Å². The minimum absolute atomic E-state index is 0.807. The summed E-state index contributed by atoms with van der Waals surface area (Å²) in [5, 5.41) is 8.93. The molecule has 0 aliphatic heterocycles. The van der Waals surface area contributed by atoms with Gasteiger partial charge >= 0.3 is 5.97 Å². The minimum Gasteiger partial charge on any atom is -0.480 e. The van der Waals surface area contributed by atoms with E-state index in [4.69, 9.17) is 0 Å². The van der Waals surface area contributed by atoms with Gasteiger partial charge in [0.15, 0.2) is 5.25 Å². The molecule has 0 aromatic rings. The second kappa shape index (κ2) is 17.4. The maximum Gasteiger partial charge on any atom is 0.324 e. The van der Waals surface area contributed by atoms with Gasteiger partial charge in [0.1, 0.15) is 0 Å². The number of carbonyl (C=O) groups is 1. The van der Waals surface area contributed by atoms with Gasteiger partial charge in [-0.1, -0.05) is 162 Å². The van der Waals surface area contributed by atoms with Crippen LogP contribution in [-0.2, 0) is 14.9 Å². The van der Waals surface area contributed by atoms with Crippen molar-refractivity contribution in [3.05, 3.63) is 0 Å². The van der Waals surface area contributed by atoms with E-state index < -0.39 is 42.1 Å². The summed E-state index contributed by atoms with van der Waals surface area (Å²) in [5.41, 5.74) is 0. The second-order valence-corrected chi connectivity index (χ2v) is 23.8. The van der Waals surface area contributed by atoms with Gasteiger partial charge in [0, 0.05) is 0 Å². The van der Waals surface area contributed by atoms with E-state index in [0.29, 0.717) is 0 Å². The summed E-state index contributed by atoms with van der Waals surface area (Å²) in [7, 11) is -9.75. The van der Waals surface area contributed by atoms with E-state index in [9.17, 15) is 22.9 Å². The molecule has 0 saturated heterocycles. The van der Waals surface area contributed by atoms with Gasteiger partial charge in [-0.05, 0) is 4.66 Å². The average molecular weight is 565 g/mol. The molecule has 0 aliphatic carbocycles. The van der Waals surface area contributed by atoms with E-state index in [1.54, 1.807) is 0 Å². The van der Waals surface area contributed by atoms with Crippen LogP contribution in [0.15, 0.2) is 0 Å². The Hall–Kier alpha value is -0.186. The van der Waals surface area contributed by atoms with Gasteiger partial charge in [-0.15, -0.1) is 0 Å². The van der Waals surface area contributed by atoms with E-state index in [-0.39, 0.29) is 0 Å². The monoisotopic (exact) mass is 564 g/mol. The molecule has 1 unspecified atom stereocenters. The molecule has 0 heterocycles. The van der Waals surface area contributed by atoms with Crippen molar-refractivity contribution in [3.63, 3.8) is 0 Å². The van der Waals surface area contributed by atoms with E-state index in [1.165, 1.54) is 0 Å². The first-order valence-corrected chi connectivity index (χ1v) is 21.9. The van der Waals surface area contributed by atoms with E-state index >= 15 is 0 Å². The Morgan fingerprint density at radius 2 is 0.861 bits per heavy atom. The lowest BCUT2D eigenvalue weighted by molar-refractivity contribution is -0.137. The van der Waals surface area contributed by atoms with Crippen molar-refractivity contribution in [1.29, 1.82) is 0 Å². The third kappa shape index (κ3) is 8.94. The van der Waals surface area contributed by atoms with Gasteiger partial charge in [0.05, 0.1) is 16.1 Å². The number of hydrogen-bond donors (Lipinski definition) is 2. The van der Waals surface area contributed by atoms with Crippen LogP contribution < -0.4 is 0 Å². The fourth-order valence-electron chi connectivity index (χ4n) is 7.19. The summed E-state index contributed by atoms with van der Waals surface area (Å²) in [6, 6.07) is 5.91. The quantitative estimate of drug-likeness (QED) is 0.0952. The van der Waals surface area contributed by atoms with Crippen LogP contribution in [0.4, 0.5) is 0 Å². The molecule has 0 radical (unpaired) electrons. The Morgan fingerprint density at radius 1 is 0.639 bits per heavy atom. The van der Waals surface area contributed by atoms with Crippen molar-refractivity contribution in [2.75, 3.05) is 0 Å². The van der Waals surface area contributed by atoms with Crippen LogP contribution in [0.3, 0.4) is 0 Å². The second-order valence-electron chi connectivity index (χ2n) is 11.6. The third-order valence-corrected chi connectivity index (χ3v) is 27.0. The topological polar surface area (TPSA) is 91.7 Å². The first-order valence-electron chi connectivity index (χ1n) is 15.1. The summed E-state index contributed by atoms with van der Waals surface area (Å²) < 4.78 is 36.2. The molecular formula is C28H60O5SSi2.